The number of nitrogens with zero attached hydrogens (tertiary/aromatic N) is 1. The summed E-state index contributed by atoms with van der Waals surface area (Å²) in [5, 5.41) is 12.6. The Morgan fingerprint density at radius 2 is 1.67 bits per heavy atom. The quantitative estimate of drug-likeness (QED) is 0.843. The predicted molar refractivity (Wildman–Crippen MR) is 89.7 cm³/mol. The second kappa shape index (κ2) is 7.81. The molecular formula is C18H30N2O. The average Bonchev–Trinajstić information content (AvgIpc) is 2.75. The van der Waals surface area contributed by atoms with Gasteiger partial charge in [-0.3, -0.25) is 0 Å². The van der Waals surface area contributed by atoms with Gasteiger partial charge in [0.1, 0.15) is 0 Å². The molecule has 118 valence electrons. The van der Waals surface area contributed by atoms with Gasteiger partial charge in [-0.2, -0.15) is 0 Å². The highest BCUT2D eigenvalue weighted by molar-refractivity contribution is 5.47. The minimum Gasteiger partial charge on any atom is -0.396 e. The van der Waals surface area contributed by atoms with Gasteiger partial charge in [-0.05, 0) is 50.8 Å². The van der Waals surface area contributed by atoms with E-state index in [0.717, 1.165) is 13.0 Å². The van der Waals surface area contributed by atoms with Crippen LogP contribution in [0.2, 0.25) is 0 Å². The summed E-state index contributed by atoms with van der Waals surface area (Å²) in [5.74, 6) is 0. The van der Waals surface area contributed by atoms with Crippen LogP contribution in [-0.2, 0) is 6.54 Å². The van der Waals surface area contributed by atoms with Crippen LogP contribution in [0.4, 0.5) is 5.69 Å². The number of aliphatic hydroxyl groups excluding tert-OH is 1. The van der Waals surface area contributed by atoms with Gasteiger partial charge in [0.2, 0.25) is 0 Å². The van der Waals surface area contributed by atoms with Gasteiger partial charge in [0.25, 0.3) is 0 Å². The van der Waals surface area contributed by atoms with E-state index in [-0.39, 0.29) is 12.1 Å². The Bertz CT molecular complexity index is 406. The Balaban J connectivity index is 1.89. The maximum Gasteiger partial charge on any atom is 0.0448 e. The summed E-state index contributed by atoms with van der Waals surface area (Å²) in [6, 6.07) is 8.95. The fraction of sp³-hybridized carbons (Fsp3) is 0.667. The Labute approximate surface area is 129 Å². The van der Waals surface area contributed by atoms with Crippen molar-refractivity contribution in [2.45, 2.75) is 58.0 Å². The standard InChI is InChI=1S/C18H30N2O/c1-18(2,11-14-21)19-15-16-7-9-17(10-8-16)20-12-5-3-4-6-13-20/h7-10,19,21H,3-6,11-15H2,1-2H3. The third-order valence-corrected chi connectivity index (χ3v) is 4.42. The summed E-state index contributed by atoms with van der Waals surface area (Å²) in [4.78, 5) is 2.51. The zero-order valence-corrected chi connectivity index (χ0v) is 13.6. The van der Waals surface area contributed by atoms with Crippen molar-refractivity contribution in [3.05, 3.63) is 29.8 Å². The molecule has 3 nitrogen and oxygen atoms in total. The lowest BCUT2D eigenvalue weighted by atomic mass is 10.0. The van der Waals surface area contributed by atoms with E-state index in [1.807, 2.05) is 0 Å². The Hall–Kier alpha value is -1.06. The lowest BCUT2D eigenvalue weighted by molar-refractivity contribution is 0.230. The molecule has 1 aliphatic heterocycles. The summed E-state index contributed by atoms with van der Waals surface area (Å²) in [6.07, 6.45) is 6.16. The normalized spacial score (nSPS) is 16.8. The molecule has 1 fully saturated rings. The second-order valence-corrected chi connectivity index (χ2v) is 6.78. The van der Waals surface area contributed by atoms with Crippen molar-refractivity contribution < 1.29 is 5.11 Å². The Morgan fingerprint density at radius 1 is 1.05 bits per heavy atom. The topological polar surface area (TPSA) is 35.5 Å². The summed E-state index contributed by atoms with van der Waals surface area (Å²) in [5.41, 5.74) is 2.65. The van der Waals surface area contributed by atoms with Crippen molar-refractivity contribution in [1.82, 2.24) is 5.32 Å². The van der Waals surface area contributed by atoms with Crippen LogP contribution in [0, 0.1) is 0 Å². The average molecular weight is 290 g/mol. The molecule has 3 heteroatoms. The molecule has 21 heavy (non-hydrogen) atoms. The van der Waals surface area contributed by atoms with Crippen molar-refractivity contribution in [2.75, 3.05) is 24.6 Å². The molecule has 0 spiro atoms. The number of benzene rings is 1. The van der Waals surface area contributed by atoms with E-state index in [1.165, 1.54) is 50.0 Å². The van der Waals surface area contributed by atoms with Crippen molar-refractivity contribution in [1.29, 1.82) is 0 Å². The fourth-order valence-corrected chi connectivity index (χ4v) is 2.86. The lowest BCUT2D eigenvalue weighted by Crippen LogP contribution is -2.39. The number of nitrogens with one attached hydrogen (secondary N) is 1. The van der Waals surface area contributed by atoms with Gasteiger partial charge in [-0.25, -0.2) is 0 Å². The maximum atomic E-state index is 9.06. The Morgan fingerprint density at radius 3 is 2.24 bits per heavy atom. The molecule has 0 aromatic heterocycles. The number of anilines is 1. The highest BCUT2D eigenvalue weighted by Crippen LogP contribution is 2.20. The first-order chi connectivity index (χ1) is 10.1. The molecule has 1 aromatic carbocycles. The molecule has 1 aromatic rings. The summed E-state index contributed by atoms with van der Waals surface area (Å²) in [6.45, 7) is 7.74. The third kappa shape index (κ3) is 5.33. The first kappa shape index (κ1) is 16.3. The van der Waals surface area contributed by atoms with Crippen molar-refractivity contribution >= 4 is 5.69 Å². The number of hydrogen-bond acceptors (Lipinski definition) is 3. The van der Waals surface area contributed by atoms with Crippen LogP contribution in [0.3, 0.4) is 0 Å². The van der Waals surface area contributed by atoms with Crippen molar-refractivity contribution in [3.8, 4) is 0 Å². The molecule has 0 aliphatic carbocycles. The van der Waals surface area contributed by atoms with Gasteiger partial charge < -0.3 is 15.3 Å². The highest BCUT2D eigenvalue weighted by atomic mass is 16.3. The smallest absolute Gasteiger partial charge is 0.0448 e. The summed E-state index contributed by atoms with van der Waals surface area (Å²) >= 11 is 0. The van der Waals surface area contributed by atoms with E-state index < -0.39 is 0 Å². The van der Waals surface area contributed by atoms with E-state index in [1.54, 1.807) is 0 Å². The molecule has 2 N–H and O–H groups in total. The molecular weight excluding hydrogens is 260 g/mol. The SMILES string of the molecule is CC(C)(CCO)NCc1ccc(N2CCCCCC2)cc1. The number of hydrogen-bond donors (Lipinski definition) is 2. The van der Waals surface area contributed by atoms with Crippen LogP contribution < -0.4 is 10.2 Å². The minimum atomic E-state index is -0.0157. The molecule has 1 aliphatic rings. The molecule has 0 atom stereocenters. The van der Waals surface area contributed by atoms with Crippen LogP contribution in [0.5, 0.6) is 0 Å². The van der Waals surface area contributed by atoms with Crippen LogP contribution in [0.1, 0.15) is 51.5 Å². The monoisotopic (exact) mass is 290 g/mol. The van der Waals surface area contributed by atoms with Crippen molar-refractivity contribution in [2.24, 2.45) is 0 Å². The van der Waals surface area contributed by atoms with E-state index >= 15 is 0 Å². The molecule has 0 unspecified atom stereocenters. The molecule has 2 rings (SSSR count). The molecule has 0 saturated carbocycles. The zero-order valence-electron chi connectivity index (χ0n) is 13.6. The van der Waals surface area contributed by atoms with E-state index in [4.69, 9.17) is 5.11 Å². The summed E-state index contributed by atoms with van der Waals surface area (Å²) in [7, 11) is 0. The molecule has 1 heterocycles. The van der Waals surface area contributed by atoms with E-state index in [2.05, 4.69) is 48.3 Å². The lowest BCUT2D eigenvalue weighted by Gasteiger charge is -2.26. The van der Waals surface area contributed by atoms with Crippen molar-refractivity contribution in [3.63, 3.8) is 0 Å². The second-order valence-electron chi connectivity index (χ2n) is 6.78. The van der Waals surface area contributed by atoms with Gasteiger partial charge in [0.15, 0.2) is 0 Å². The van der Waals surface area contributed by atoms with Gasteiger partial charge in [0, 0.05) is 37.5 Å². The van der Waals surface area contributed by atoms with Crippen LogP contribution in [-0.4, -0.2) is 30.3 Å². The first-order valence-electron chi connectivity index (χ1n) is 8.30. The van der Waals surface area contributed by atoms with Crippen LogP contribution >= 0.6 is 0 Å². The number of rotatable bonds is 6. The largest absolute Gasteiger partial charge is 0.396 e. The zero-order chi connectivity index (χ0) is 15.1. The van der Waals surface area contributed by atoms with Crippen LogP contribution in [0.15, 0.2) is 24.3 Å². The molecule has 1 saturated heterocycles. The van der Waals surface area contributed by atoms with Gasteiger partial charge in [-0.15, -0.1) is 0 Å². The van der Waals surface area contributed by atoms with Gasteiger partial charge in [0.05, 0.1) is 0 Å². The molecule has 0 amide bonds. The maximum absolute atomic E-state index is 9.06. The van der Waals surface area contributed by atoms with Gasteiger partial charge >= 0.3 is 0 Å². The predicted octanol–water partition coefficient (Wildman–Crippen LogP) is 3.32. The van der Waals surface area contributed by atoms with E-state index in [0.29, 0.717) is 0 Å². The molecule has 0 bridgehead atoms. The first-order valence-corrected chi connectivity index (χ1v) is 8.30. The third-order valence-electron chi connectivity index (χ3n) is 4.42. The number of aliphatic hydroxyl groups is 1. The fourth-order valence-electron chi connectivity index (χ4n) is 2.86. The Kier molecular flexibility index (Phi) is 6.07. The van der Waals surface area contributed by atoms with Gasteiger partial charge in [-0.1, -0.05) is 25.0 Å². The van der Waals surface area contributed by atoms with E-state index in [9.17, 15) is 0 Å². The minimum absolute atomic E-state index is 0.0157. The summed E-state index contributed by atoms with van der Waals surface area (Å²) < 4.78 is 0. The molecule has 0 radical (unpaired) electrons. The highest BCUT2D eigenvalue weighted by Gasteiger charge is 2.15. The van der Waals surface area contributed by atoms with Crippen LogP contribution in [0.25, 0.3) is 0 Å².